The molecule has 3 rings (SSSR count). The Morgan fingerprint density at radius 2 is 2.04 bits per heavy atom. The fourth-order valence-corrected chi connectivity index (χ4v) is 2.22. The molecule has 0 fully saturated rings. The van der Waals surface area contributed by atoms with Gasteiger partial charge in [-0.3, -0.25) is 14.2 Å². The van der Waals surface area contributed by atoms with Crippen molar-refractivity contribution in [3.05, 3.63) is 76.5 Å². The monoisotopic (exact) mass is 323 g/mol. The van der Waals surface area contributed by atoms with E-state index < -0.39 is 0 Å². The number of hydrogen-bond acceptors (Lipinski definition) is 4. The van der Waals surface area contributed by atoms with Crippen LogP contribution in [-0.4, -0.2) is 15.5 Å². The van der Waals surface area contributed by atoms with Gasteiger partial charge in [-0.05, 0) is 24.6 Å². The first kappa shape index (κ1) is 15.7. The molecule has 0 unspecified atom stereocenters. The third kappa shape index (κ3) is 3.78. The van der Waals surface area contributed by atoms with Crippen LogP contribution < -0.4 is 10.9 Å². The molecule has 2 aromatic heterocycles. The minimum absolute atomic E-state index is 0.0733. The van der Waals surface area contributed by atoms with Crippen molar-refractivity contribution in [2.75, 3.05) is 0 Å². The van der Waals surface area contributed by atoms with Crippen molar-refractivity contribution in [1.29, 1.82) is 0 Å². The van der Waals surface area contributed by atoms with Crippen LogP contribution in [0.5, 0.6) is 0 Å². The second kappa shape index (κ2) is 6.95. The molecule has 122 valence electrons. The number of hydrogen-bond donors (Lipinski definition) is 1. The van der Waals surface area contributed by atoms with Crippen LogP contribution in [0.15, 0.2) is 64.3 Å². The smallest absolute Gasteiger partial charge is 0.254 e. The van der Waals surface area contributed by atoms with Gasteiger partial charge in [-0.1, -0.05) is 29.8 Å². The van der Waals surface area contributed by atoms with E-state index in [0.717, 1.165) is 5.56 Å². The van der Waals surface area contributed by atoms with Crippen LogP contribution in [-0.2, 0) is 17.9 Å². The first-order chi connectivity index (χ1) is 11.6. The van der Waals surface area contributed by atoms with Crippen LogP contribution >= 0.6 is 0 Å². The van der Waals surface area contributed by atoms with Gasteiger partial charge in [0.2, 0.25) is 5.91 Å². The second-order valence-corrected chi connectivity index (χ2v) is 5.48. The van der Waals surface area contributed by atoms with E-state index in [-0.39, 0.29) is 18.0 Å². The summed E-state index contributed by atoms with van der Waals surface area (Å²) in [6.45, 7) is 2.36. The zero-order valence-corrected chi connectivity index (χ0v) is 13.2. The van der Waals surface area contributed by atoms with Crippen LogP contribution in [0.1, 0.15) is 11.1 Å². The van der Waals surface area contributed by atoms with E-state index >= 15 is 0 Å². The van der Waals surface area contributed by atoms with Crippen molar-refractivity contribution in [3.8, 4) is 11.5 Å². The Morgan fingerprint density at radius 3 is 2.71 bits per heavy atom. The van der Waals surface area contributed by atoms with E-state index in [1.165, 1.54) is 28.8 Å². The molecule has 1 amide bonds. The molecule has 6 nitrogen and oxygen atoms in total. The molecule has 0 spiro atoms. The Labute approximate surface area is 138 Å². The maximum absolute atomic E-state index is 12.1. The largest absolute Gasteiger partial charge is 0.463 e. The van der Waals surface area contributed by atoms with Gasteiger partial charge in [0.05, 0.1) is 12.6 Å². The molecule has 2 heterocycles. The minimum Gasteiger partial charge on any atom is -0.463 e. The van der Waals surface area contributed by atoms with Crippen molar-refractivity contribution >= 4 is 5.91 Å². The van der Waals surface area contributed by atoms with Gasteiger partial charge in [0, 0.05) is 12.6 Å². The van der Waals surface area contributed by atoms with Crippen molar-refractivity contribution in [1.82, 2.24) is 14.9 Å². The number of nitrogens with zero attached hydrogens (tertiary/aromatic N) is 2. The van der Waals surface area contributed by atoms with Crippen LogP contribution in [0.4, 0.5) is 0 Å². The molecule has 0 bridgehead atoms. The summed E-state index contributed by atoms with van der Waals surface area (Å²) in [7, 11) is 0. The summed E-state index contributed by atoms with van der Waals surface area (Å²) < 4.78 is 6.46. The Balaban J connectivity index is 1.62. The highest BCUT2D eigenvalue weighted by Gasteiger charge is 2.08. The fourth-order valence-electron chi connectivity index (χ4n) is 2.22. The first-order valence-electron chi connectivity index (χ1n) is 7.54. The summed E-state index contributed by atoms with van der Waals surface area (Å²) >= 11 is 0. The van der Waals surface area contributed by atoms with Gasteiger partial charge in [0.15, 0.2) is 5.76 Å². The van der Waals surface area contributed by atoms with Gasteiger partial charge < -0.3 is 9.73 Å². The van der Waals surface area contributed by atoms with E-state index in [9.17, 15) is 9.59 Å². The van der Waals surface area contributed by atoms with E-state index in [4.69, 9.17) is 4.42 Å². The molecule has 1 aromatic carbocycles. The number of aromatic nitrogens is 2. The molecular weight excluding hydrogens is 306 g/mol. The molecule has 24 heavy (non-hydrogen) atoms. The van der Waals surface area contributed by atoms with E-state index in [1.54, 1.807) is 12.1 Å². The average molecular weight is 323 g/mol. The summed E-state index contributed by atoms with van der Waals surface area (Å²) in [5.41, 5.74) is 2.31. The summed E-state index contributed by atoms with van der Waals surface area (Å²) in [6, 6.07) is 12.7. The highest BCUT2D eigenvalue weighted by molar-refractivity contribution is 5.75. The van der Waals surface area contributed by atoms with E-state index in [0.29, 0.717) is 18.0 Å². The fraction of sp³-hybridized carbons (Fsp3) is 0.167. The Morgan fingerprint density at radius 1 is 1.25 bits per heavy atom. The summed E-state index contributed by atoms with van der Waals surface area (Å²) in [5, 5.41) is 2.79. The SMILES string of the molecule is Cc1ccc(CNC(=O)Cn2cnc(-c3ccco3)cc2=O)cc1. The van der Waals surface area contributed by atoms with Gasteiger partial charge >= 0.3 is 0 Å². The van der Waals surface area contributed by atoms with Gasteiger partial charge in [-0.2, -0.15) is 0 Å². The summed E-state index contributed by atoms with van der Waals surface area (Å²) in [4.78, 5) is 28.2. The molecule has 0 saturated heterocycles. The number of nitrogens with one attached hydrogen (secondary N) is 1. The van der Waals surface area contributed by atoms with Gasteiger partial charge in [-0.15, -0.1) is 0 Å². The molecule has 1 N–H and O–H groups in total. The zero-order valence-electron chi connectivity index (χ0n) is 13.2. The maximum atomic E-state index is 12.1. The quantitative estimate of drug-likeness (QED) is 0.780. The first-order valence-corrected chi connectivity index (χ1v) is 7.54. The van der Waals surface area contributed by atoms with Crippen LogP contribution in [0.25, 0.3) is 11.5 Å². The zero-order chi connectivity index (χ0) is 16.9. The van der Waals surface area contributed by atoms with Crippen LogP contribution in [0.3, 0.4) is 0 Å². The van der Waals surface area contributed by atoms with Crippen LogP contribution in [0.2, 0.25) is 0 Å². The maximum Gasteiger partial charge on any atom is 0.254 e. The van der Waals surface area contributed by atoms with Crippen molar-refractivity contribution in [2.24, 2.45) is 0 Å². The number of rotatable bonds is 5. The predicted molar refractivity (Wildman–Crippen MR) is 89.2 cm³/mol. The lowest BCUT2D eigenvalue weighted by molar-refractivity contribution is -0.121. The molecule has 0 saturated carbocycles. The second-order valence-electron chi connectivity index (χ2n) is 5.48. The molecule has 0 atom stereocenters. The number of benzene rings is 1. The standard InChI is InChI=1S/C18H17N3O3/c1-13-4-6-14(7-5-13)10-19-17(22)11-21-12-20-15(9-18(21)23)16-3-2-8-24-16/h2-9,12H,10-11H2,1H3,(H,19,22). The molecule has 6 heteroatoms. The third-order valence-corrected chi connectivity index (χ3v) is 3.58. The topological polar surface area (TPSA) is 77.1 Å². The minimum atomic E-state index is -0.304. The lowest BCUT2D eigenvalue weighted by atomic mass is 10.1. The lowest BCUT2D eigenvalue weighted by Crippen LogP contribution is -2.31. The Bertz CT molecular complexity index is 881. The molecular formula is C18H17N3O3. The van der Waals surface area contributed by atoms with Crippen molar-refractivity contribution in [2.45, 2.75) is 20.0 Å². The average Bonchev–Trinajstić information content (AvgIpc) is 3.11. The summed E-state index contributed by atoms with van der Waals surface area (Å²) in [6.07, 6.45) is 2.87. The number of aryl methyl sites for hydroxylation is 1. The number of furan rings is 1. The highest BCUT2D eigenvalue weighted by Crippen LogP contribution is 2.14. The number of carbonyl (C=O) groups is 1. The molecule has 0 aliphatic carbocycles. The summed E-state index contributed by atoms with van der Waals surface area (Å²) in [5.74, 6) is 0.272. The lowest BCUT2D eigenvalue weighted by Gasteiger charge is -2.08. The normalized spacial score (nSPS) is 10.5. The molecule has 3 aromatic rings. The Kier molecular flexibility index (Phi) is 4.56. The molecule has 0 radical (unpaired) electrons. The predicted octanol–water partition coefficient (Wildman–Crippen LogP) is 2.13. The van der Waals surface area contributed by atoms with E-state index in [2.05, 4.69) is 10.3 Å². The van der Waals surface area contributed by atoms with Gasteiger partial charge in [-0.25, -0.2) is 4.98 Å². The van der Waals surface area contributed by atoms with E-state index in [1.807, 2.05) is 31.2 Å². The highest BCUT2D eigenvalue weighted by atomic mass is 16.3. The Hall–Kier alpha value is -3.15. The molecule has 0 aliphatic heterocycles. The third-order valence-electron chi connectivity index (χ3n) is 3.58. The van der Waals surface area contributed by atoms with Crippen molar-refractivity contribution in [3.63, 3.8) is 0 Å². The van der Waals surface area contributed by atoms with Crippen molar-refractivity contribution < 1.29 is 9.21 Å². The number of carbonyl (C=O) groups excluding carboxylic acids is 1. The van der Waals surface area contributed by atoms with Gasteiger partial charge in [0.1, 0.15) is 12.2 Å². The van der Waals surface area contributed by atoms with Gasteiger partial charge in [0.25, 0.3) is 5.56 Å². The number of amides is 1. The molecule has 0 aliphatic rings. The van der Waals surface area contributed by atoms with Crippen LogP contribution in [0, 0.1) is 6.92 Å².